The van der Waals surface area contributed by atoms with Gasteiger partial charge in [-0.3, -0.25) is 0 Å². The van der Waals surface area contributed by atoms with Crippen LogP contribution in [0.4, 0.5) is 0 Å². The molecule has 0 amide bonds. The quantitative estimate of drug-likeness (QED) is 0.846. The maximum absolute atomic E-state index is 5.24. The summed E-state index contributed by atoms with van der Waals surface area (Å²) in [5.41, 5.74) is 2.19. The molecule has 4 nitrogen and oxygen atoms in total. The van der Waals surface area contributed by atoms with E-state index in [1.54, 1.807) is 7.11 Å². The molecule has 4 heteroatoms. The summed E-state index contributed by atoms with van der Waals surface area (Å²) in [4.78, 5) is 7.12. The highest BCUT2D eigenvalue weighted by atomic mass is 16.5. The van der Waals surface area contributed by atoms with E-state index in [1.165, 1.54) is 31.6 Å². The Morgan fingerprint density at radius 3 is 3.05 bits per heavy atom. The van der Waals surface area contributed by atoms with Gasteiger partial charge in [-0.25, -0.2) is 4.98 Å². The molecule has 3 rings (SSSR count). The Bertz CT molecular complexity index is 564. The normalized spacial score (nSPS) is 20.8. The maximum Gasteiger partial charge on any atom is 0.137 e. The molecule has 19 heavy (non-hydrogen) atoms. The Morgan fingerprint density at radius 2 is 2.26 bits per heavy atom. The molecule has 1 atom stereocenters. The predicted molar refractivity (Wildman–Crippen MR) is 75.7 cm³/mol. The molecule has 0 spiro atoms. The zero-order valence-corrected chi connectivity index (χ0v) is 11.7. The molecule has 0 bridgehead atoms. The van der Waals surface area contributed by atoms with Gasteiger partial charge in [-0.05, 0) is 50.9 Å². The van der Waals surface area contributed by atoms with Crippen LogP contribution in [0.5, 0.6) is 5.75 Å². The molecule has 0 aliphatic carbocycles. The molecule has 1 saturated heterocycles. The summed E-state index contributed by atoms with van der Waals surface area (Å²) in [6, 6.07) is 3.97. The first-order valence-electron chi connectivity index (χ1n) is 6.95. The Balaban J connectivity index is 1.77. The van der Waals surface area contributed by atoms with E-state index in [0.29, 0.717) is 0 Å². The van der Waals surface area contributed by atoms with Crippen molar-refractivity contribution in [2.75, 3.05) is 27.2 Å². The van der Waals surface area contributed by atoms with Crippen LogP contribution in [0.25, 0.3) is 5.65 Å². The van der Waals surface area contributed by atoms with E-state index < -0.39 is 0 Å². The highest BCUT2D eigenvalue weighted by Gasteiger charge is 2.18. The van der Waals surface area contributed by atoms with Gasteiger partial charge in [0.15, 0.2) is 0 Å². The number of imidazole rings is 1. The van der Waals surface area contributed by atoms with Crippen LogP contribution in [-0.4, -0.2) is 41.5 Å². The van der Waals surface area contributed by atoms with Crippen LogP contribution >= 0.6 is 0 Å². The lowest BCUT2D eigenvalue weighted by Gasteiger charge is -2.29. The van der Waals surface area contributed by atoms with Crippen molar-refractivity contribution in [1.82, 2.24) is 14.3 Å². The largest absolute Gasteiger partial charge is 0.495 e. The van der Waals surface area contributed by atoms with Crippen molar-refractivity contribution in [2.45, 2.75) is 19.3 Å². The summed E-state index contributed by atoms with van der Waals surface area (Å²) < 4.78 is 7.30. The first kappa shape index (κ1) is 12.5. The highest BCUT2D eigenvalue weighted by Crippen LogP contribution is 2.20. The van der Waals surface area contributed by atoms with E-state index in [0.717, 1.165) is 23.7 Å². The number of piperidine rings is 1. The summed E-state index contributed by atoms with van der Waals surface area (Å²) >= 11 is 0. The number of pyridine rings is 1. The fourth-order valence-electron chi connectivity index (χ4n) is 2.98. The lowest BCUT2D eigenvalue weighted by Crippen LogP contribution is -2.33. The summed E-state index contributed by atoms with van der Waals surface area (Å²) in [7, 11) is 3.90. The van der Waals surface area contributed by atoms with Gasteiger partial charge in [-0.1, -0.05) is 0 Å². The number of methoxy groups -OCH3 is 1. The molecular weight excluding hydrogens is 238 g/mol. The number of nitrogens with zero attached hydrogens (tertiary/aromatic N) is 3. The topological polar surface area (TPSA) is 29.8 Å². The second-order valence-corrected chi connectivity index (χ2v) is 5.54. The van der Waals surface area contributed by atoms with Crippen molar-refractivity contribution in [2.24, 2.45) is 5.92 Å². The van der Waals surface area contributed by atoms with Crippen molar-refractivity contribution < 1.29 is 4.74 Å². The maximum atomic E-state index is 5.24. The van der Waals surface area contributed by atoms with Gasteiger partial charge in [0.25, 0.3) is 0 Å². The number of hydrogen-bond donors (Lipinski definition) is 0. The van der Waals surface area contributed by atoms with Crippen LogP contribution in [0.1, 0.15) is 18.5 Å². The van der Waals surface area contributed by atoms with Crippen molar-refractivity contribution in [3.63, 3.8) is 0 Å². The fraction of sp³-hybridized carbons (Fsp3) is 0.533. The molecule has 2 aromatic heterocycles. The number of rotatable bonds is 3. The minimum Gasteiger partial charge on any atom is -0.495 e. The second kappa shape index (κ2) is 5.21. The van der Waals surface area contributed by atoms with Crippen LogP contribution in [0.3, 0.4) is 0 Å². The van der Waals surface area contributed by atoms with E-state index in [2.05, 4.69) is 22.5 Å². The Kier molecular flexibility index (Phi) is 3.42. The average Bonchev–Trinajstić information content (AvgIpc) is 2.79. The van der Waals surface area contributed by atoms with Crippen LogP contribution in [0.15, 0.2) is 24.5 Å². The number of hydrogen-bond acceptors (Lipinski definition) is 3. The Hall–Kier alpha value is -1.55. The third-order valence-corrected chi connectivity index (χ3v) is 3.93. The van der Waals surface area contributed by atoms with Crippen LogP contribution in [0, 0.1) is 5.92 Å². The van der Waals surface area contributed by atoms with Crippen molar-refractivity contribution in [3.05, 3.63) is 30.2 Å². The third-order valence-electron chi connectivity index (χ3n) is 3.93. The van der Waals surface area contributed by atoms with Crippen molar-refractivity contribution in [1.29, 1.82) is 0 Å². The number of ether oxygens (including phenoxy) is 1. The summed E-state index contributed by atoms with van der Waals surface area (Å²) in [5, 5.41) is 0. The molecule has 102 valence electrons. The lowest BCUT2D eigenvalue weighted by molar-refractivity contribution is 0.208. The SMILES string of the molecule is COc1ccc2nc(CC3CCCN(C)C3)cn2c1. The van der Waals surface area contributed by atoms with Gasteiger partial charge < -0.3 is 14.0 Å². The molecule has 0 aromatic carbocycles. The van der Waals surface area contributed by atoms with Crippen LogP contribution in [-0.2, 0) is 6.42 Å². The minimum atomic E-state index is 0.741. The molecule has 1 aliphatic rings. The predicted octanol–water partition coefficient (Wildman–Crippen LogP) is 2.23. The van der Waals surface area contributed by atoms with E-state index in [4.69, 9.17) is 9.72 Å². The standard InChI is InChI=1S/C15H21N3O/c1-17-7-3-4-12(9-17)8-13-10-18-11-14(19-2)5-6-15(18)16-13/h5-6,10-12H,3-4,7-9H2,1-2H3. The van der Waals surface area contributed by atoms with E-state index in [9.17, 15) is 0 Å². The van der Waals surface area contributed by atoms with Gasteiger partial charge in [0, 0.05) is 12.7 Å². The number of fused-ring (bicyclic) bond motifs is 1. The molecule has 0 radical (unpaired) electrons. The highest BCUT2D eigenvalue weighted by molar-refractivity contribution is 5.43. The molecule has 0 saturated carbocycles. The molecule has 1 unspecified atom stereocenters. The van der Waals surface area contributed by atoms with Crippen molar-refractivity contribution in [3.8, 4) is 5.75 Å². The molecule has 2 aromatic rings. The lowest BCUT2D eigenvalue weighted by atomic mass is 9.94. The summed E-state index contributed by atoms with van der Waals surface area (Å²) in [5.74, 6) is 1.61. The Labute approximate surface area is 114 Å². The summed E-state index contributed by atoms with van der Waals surface area (Å²) in [6.45, 7) is 2.43. The van der Waals surface area contributed by atoms with Gasteiger partial charge in [0.2, 0.25) is 0 Å². The zero-order chi connectivity index (χ0) is 13.2. The fourth-order valence-corrected chi connectivity index (χ4v) is 2.98. The van der Waals surface area contributed by atoms with Crippen LogP contribution in [0.2, 0.25) is 0 Å². The first-order chi connectivity index (χ1) is 9.24. The smallest absolute Gasteiger partial charge is 0.137 e. The van der Waals surface area contributed by atoms with Crippen molar-refractivity contribution >= 4 is 5.65 Å². The van der Waals surface area contributed by atoms with E-state index in [-0.39, 0.29) is 0 Å². The first-order valence-corrected chi connectivity index (χ1v) is 6.95. The van der Waals surface area contributed by atoms with E-state index >= 15 is 0 Å². The number of likely N-dealkylation sites (tertiary alicyclic amines) is 1. The molecule has 3 heterocycles. The number of aromatic nitrogens is 2. The van der Waals surface area contributed by atoms with Crippen LogP contribution < -0.4 is 4.74 Å². The van der Waals surface area contributed by atoms with Gasteiger partial charge >= 0.3 is 0 Å². The van der Waals surface area contributed by atoms with Gasteiger partial charge in [0.05, 0.1) is 19.0 Å². The Morgan fingerprint density at radius 1 is 1.37 bits per heavy atom. The second-order valence-electron chi connectivity index (χ2n) is 5.54. The van der Waals surface area contributed by atoms with E-state index in [1.807, 2.05) is 18.3 Å². The van der Waals surface area contributed by atoms with Gasteiger partial charge in [-0.2, -0.15) is 0 Å². The average molecular weight is 259 g/mol. The molecular formula is C15H21N3O. The monoisotopic (exact) mass is 259 g/mol. The van der Waals surface area contributed by atoms with Gasteiger partial charge in [0.1, 0.15) is 11.4 Å². The van der Waals surface area contributed by atoms with Gasteiger partial charge in [-0.15, -0.1) is 0 Å². The summed E-state index contributed by atoms with van der Waals surface area (Å²) in [6.07, 6.45) is 7.82. The zero-order valence-electron chi connectivity index (χ0n) is 11.7. The molecule has 0 N–H and O–H groups in total. The third kappa shape index (κ3) is 2.73. The molecule has 1 fully saturated rings. The molecule has 1 aliphatic heterocycles. The minimum absolute atomic E-state index is 0.741.